The zero-order valence-corrected chi connectivity index (χ0v) is 16.1. The topological polar surface area (TPSA) is 24.5 Å². The Morgan fingerprint density at radius 3 is 3.00 bits per heavy atom. The van der Waals surface area contributed by atoms with Crippen LogP contribution in [0.25, 0.3) is 0 Å². The van der Waals surface area contributed by atoms with Gasteiger partial charge in [-0.1, -0.05) is 34.1 Å². The molecule has 0 radical (unpaired) electrons. The Kier molecular flexibility index (Phi) is 3.70. The van der Waals surface area contributed by atoms with Crippen molar-refractivity contribution in [3.05, 3.63) is 58.1 Å². The molecule has 3 aliphatic heterocycles. The van der Waals surface area contributed by atoms with E-state index in [1.807, 2.05) is 0 Å². The van der Waals surface area contributed by atoms with Gasteiger partial charge in [0.15, 0.2) is 0 Å². The van der Waals surface area contributed by atoms with E-state index in [2.05, 4.69) is 75.7 Å². The van der Waals surface area contributed by atoms with Crippen molar-refractivity contribution in [3.63, 3.8) is 0 Å². The average molecular weight is 399 g/mol. The van der Waals surface area contributed by atoms with Crippen LogP contribution in [0, 0.1) is 0 Å². The molecule has 2 saturated heterocycles. The van der Waals surface area contributed by atoms with E-state index in [0.29, 0.717) is 12.0 Å². The lowest BCUT2D eigenvalue weighted by molar-refractivity contribution is 0.0711. The van der Waals surface area contributed by atoms with Crippen LogP contribution >= 0.6 is 15.9 Å². The van der Waals surface area contributed by atoms with Crippen LogP contribution in [0.15, 0.2) is 46.9 Å². The Morgan fingerprint density at radius 1 is 1.20 bits per heavy atom. The van der Waals surface area contributed by atoms with Crippen molar-refractivity contribution in [1.29, 1.82) is 0 Å². The number of piperazine rings is 1. The summed E-state index contributed by atoms with van der Waals surface area (Å²) in [7, 11) is 2.33. The Hall–Kier alpha value is -1.36. The molecule has 4 heteroatoms. The number of benzene rings is 2. The average Bonchev–Trinajstić information content (AvgIpc) is 2.81. The summed E-state index contributed by atoms with van der Waals surface area (Å²) in [4.78, 5) is 2.66. The molecule has 5 rings (SSSR count). The normalized spacial score (nSPS) is 31.0. The molecular weight excluding hydrogens is 376 g/mol. The summed E-state index contributed by atoms with van der Waals surface area (Å²) in [6, 6.07) is 15.7. The number of likely N-dealkylation sites (N-methyl/N-ethyl adjacent to an activating group) is 1. The molecule has 3 atom stereocenters. The van der Waals surface area contributed by atoms with E-state index >= 15 is 0 Å². The zero-order valence-electron chi connectivity index (χ0n) is 14.5. The second-order valence-corrected chi connectivity index (χ2v) is 8.60. The van der Waals surface area contributed by atoms with E-state index in [9.17, 15) is 0 Å². The van der Waals surface area contributed by atoms with Crippen LogP contribution < -0.4 is 10.1 Å². The van der Waals surface area contributed by atoms with Gasteiger partial charge in [-0.3, -0.25) is 4.90 Å². The lowest BCUT2D eigenvalue weighted by Crippen LogP contribution is -2.61. The fourth-order valence-electron chi connectivity index (χ4n) is 5.20. The highest BCUT2D eigenvalue weighted by Crippen LogP contribution is 2.51. The maximum absolute atomic E-state index is 6.36. The number of hydrogen-bond acceptors (Lipinski definition) is 3. The number of halogens is 1. The van der Waals surface area contributed by atoms with Gasteiger partial charge in [-0.15, -0.1) is 0 Å². The lowest BCUT2D eigenvalue weighted by atomic mass is 9.73. The van der Waals surface area contributed by atoms with Gasteiger partial charge >= 0.3 is 0 Å². The van der Waals surface area contributed by atoms with Gasteiger partial charge in [0.1, 0.15) is 11.5 Å². The lowest BCUT2D eigenvalue weighted by Gasteiger charge is -2.48. The molecule has 0 saturated carbocycles. The molecule has 1 N–H and O–H groups in total. The molecule has 3 unspecified atom stereocenters. The third-order valence-electron chi connectivity index (χ3n) is 6.58. The van der Waals surface area contributed by atoms with E-state index in [1.54, 1.807) is 0 Å². The summed E-state index contributed by atoms with van der Waals surface area (Å²) < 4.78 is 7.48. The van der Waals surface area contributed by atoms with Crippen molar-refractivity contribution in [2.75, 3.05) is 20.1 Å². The molecule has 130 valence electrons. The van der Waals surface area contributed by atoms with Gasteiger partial charge in [0.25, 0.3) is 0 Å². The van der Waals surface area contributed by atoms with Crippen LogP contribution in [0.4, 0.5) is 0 Å². The first-order chi connectivity index (χ1) is 12.2. The summed E-state index contributed by atoms with van der Waals surface area (Å²) in [6.45, 7) is 2.17. The molecule has 2 bridgehead atoms. The Labute approximate surface area is 157 Å². The molecule has 0 amide bonds. The maximum atomic E-state index is 6.36. The second kappa shape index (κ2) is 5.83. The van der Waals surface area contributed by atoms with Crippen molar-refractivity contribution in [3.8, 4) is 11.5 Å². The van der Waals surface area contributed by atoms with E-state index in [1.165, 1.54) is 24.0 Å². The number of ether oxygens (including phenoxy) is 1. The maximum Gasteiger partial charge on any atom is 0.130 e. The Morgan fingerprint density at radius 2 is 2.08 bits per heavy atom. The number of para-hydroxylation sites is 1. The van der Waals surface area contributed by atoms with Gasteiger partial charge in [0.05, 0.1) is 0 Å². The van der Waals surface area contributed by atoms with E-state index < -0.39 is 0 Å². The molecule has 2 aromatic carbocycles. The number of nitrogens with zero attached hydrogens (tertiary/aromatic N) is 1. The van der Waals surface area contributed by atoms with Crippen molar-refractivity contribution in [2.24, 2.45) is 0 Å². The molecule has 25 heavy (non-hydrogen) atoms. The summed E-state index contributed by atoms with van der Waals surface area (Å²) >= 11 is 3.64. The standard InChI is InChI=1S/C21H23BrN2O/c1-24-16-8-9-21(24,13-23-12-16)18-11-14-10-15(22)6-7-19(14)25-20-5-3-2-4-17(18)20/h2-7,10,16,18,23H,8-9,11-13H2,1H3. The summed E-state index contributed by atoms with van der Waals surface area (Å²) in [5.41, 5.74) is 2.82. The third kappa shape index (κ3) is 2.38. The van der Waals surface area contributed by atoms with Crippen molar-refractivity contribution >= 4 is 15.9 Å². The van der Waals surface area contributed by atoms with Gasteiger partial charge in [-0.25, -0.2) is 0 Å². The molecule has 0 spiro atoms. The van der Waals surface area contributed by atoms with Crippen LogP contribution in [0.2, 0.25) is 0 Å². The van der Waals surface area contributed by atoms with Crippen molar-refractivity contribution in [2.45, 2.75) is 36.8 Å². The smallest absolute Gasteiger partial charge is 0.130 e. The predicted molar refractivity (Wildman–Crippen MR) is 103 cm³/mol. The van der Waals surface area contributed by atoms with Crippen LogP contribution in [0.5, 0.6) is 11.5 Å². The fraction of sp³-hybridized carbons (Fsp3) is 0.429. The van der Waals surface area contributed by atoms with E-state index in [-0.39, 0.29) is 5.54 Å². The van der Waals surface area contributed by atoms with Gasteiger partial charge < -0.3 is 10.1 Å². The monoisotopic (exact) mass is 398 g/mol. The quantitative estimate of drug-likeness (QED) is 0.773. The van der Waals surface area contributed by atoms with Crippen molar-refractivity contribution in [1.82, 2.24) is 10.2 Å². The van der Waals surface area contributed by atoms with Gasteiger partial charge in [0.2, 0.25) is 0 Å². The molecule has 3 aliphatic rings. The van der Waals surface area contributed by atoms with E-state index in [4.69, 9.17) is 4.74 Å². The molecule has 3 heterocycles. The van der Waals surface area contributed by atoms with Gasteiger partial charge in [-0.05, 0) is 56.1 Å². The molecule has 2 fully saturated rings. The zero-order chi connectivity index (χ0) is 17.0. The predicted octanol–water partition coefficient (Wildman–Crippen LogP) is 4.32. The highest BCUT2D eigenvalue weighted by Gasteiger charge is 2.52. The van der Waals surface area contributed by atoms with Crippen LogP contribution in [-0.2, 0) is 6.42 Å². The van der Waals surface area contributed by atoms with Crippen LogP contribution in [0.1, 0.15) is 29.9 Å². The van der Waals surface area contributed by atoms with Crippen LogP contribution in [-0.4, -0.2) is 36.6 Å². The molecule has 0 aromatic heterocycles. The minimum absolute atomic E-state index is 0.173. The van der Waals surface area contributed by atoms with Gasteiger partial charge in [-0.2, -0.15) is 0 Å². The minimum atomic E-state index is 0.173. The molecule has 0 aliphatic carbocycles. The number of hydrogen-bond donors (Lipinski definition) is 1. The third-order valence-corrected chi connectivity index (χ3v) is 7.07. The highest BCUT2D eigenvalue weighted by molar-refractivity contribution is 9.10. The minimum Gasteiger partial charge on any atom is -0.457 e. The number of rotatable bonds is 1. The molecular formula is C21H23BrN2O. The Bertz CT molecular complexity index is 819. The first-order valence-electron chi connectivity index (χ1n) is 9.16. The highest BCUT2D eigenvalue weighted by atomic mass is 79.9. The first kappa shape index (κ1) is 15.9. The largest absolute Gasteiger partial charge is 0.457 e. The first-order valence-corrected chi connectivity index (χ1v) is 9.95. The van der Waals surface area contributed by atoms with Gasteiger partial charge in [0, 0.05) is 40.6 Å². The summed E-state index contributed by atoms with van der Waals surface area (Å²) in [6.07, 6.45) is 3.56. The molecule has 3 nitrogen and oxygen atoms in total. The number of nitrogens with one attached hydrogen (secondary N) is 1. The summed E-state index contributed by atoms with van der Waals surface area (Å²) in [5, 5.41) is 3.71. The number of fused-ring (bicyclic) bond motifs is 4. The molecule has 2 aromatic rings. The van der Waals surface area contributed by atoms with Crippen molar-refractivity contribution < 1.29 is 4.74 Å². The summed E-state index contributed by atoms with van der Waals surface area (Å²) in [5.74, 6) is 2.45. The second-order valence-electron chi connectivity index (χ2n) is 7.69. The Balaban J connectivity index is 1.67. The SMILES string of the molecule is CN1C2CCC1(C1Cc3cc(Br)ccc3Oc3ccccc31)CNC2. The van der Waals surface area contributed by atoms with Crippen LogP contribution in [0.3, 0.4) is 0 Å². The fourth-order valence-corrected chi connectivity index (χ4v) is 5.61. The van der Waals surface area contributed by atoms with E-state index in [0.717, 1.165) is 35.5 Å².